The monoisotopic (exact) mass is 216 g/mol. The van der Waals surface area contributed by atoms with Crippen LogP contribution < -0.4 is 0 Å². The Morgan fingerprint density at radius 2 is 2.00 bits per heavy atom. The molecular formula is C11H20O4. The predicted octanol–water partition coefficient (Wildman–Crippen LogP) is 2.08. The zero-order valence-electron chi connectivity index (χ0n) is 9.66. The van der Waals surface area contributed by atoms with Crippen LogP contribution in [-0.4, -0.2) is 24.2 Å². The summed E-state index contributed by atoms with van der Waals surface area (Å²) in [5.74, 6) is -1.93. The highest BCUT2D eigenvalue weighted by Gasteiger charge is 2.24. The van der Waals surface area contributed by atoms with Crippen molar-refractivity contribution in [3.8, 4) is 0 Å². The van der Waals surface area contributed by atoms with Crippen molar-refractivity contribution in [2.45, 2.75) is 39.5 Å². The van der Waals surface area contributed by atoms with E-state index in [9.17, 15) is 9.59 Å². The standard InChI is InChI=1S/C11H20O4/c1-4-5-6-9(11(14)15-3)7-8(2)10(12)13/h8-9H,4-7H2,1-3H3,(H,12,13). The van der Waals surface area contributed by atoms with E-state index in [-0.39, 0.29) is 11.9 Å². The summed E-state index contributed by atoms with van der Waals surface area (Å²) in [5, 5.41) is 8.76. The Morgan fingerprint density at radius 3 is 2.40 bits per heavy atom. The maximum absolute atomic E-state index is 11.4. The number of esters is 1. The molecule has 0 aliphatic heterocycles. The third-order valence-electron chi connectivity index (χ3n) is 2.50. The SMILES string of the molecule is CCCCC(CC(C)C(=O)O)C(=O)OC. The molecule has 15 heavy (non-hydrogen) atoms. The molecule has 4 nitrogen and oxygen atoms in total. The molecule has 0 saturated heterocycles. The van der Waals surface area contributed by atoms with Crippen LogP contribution in [0.3, 0.4) is 0 Å². The predicted molar refractivity (Wildman–Crippen MR) is 56.4 cm³/mol. The van der Waals surface area contributed by atoms with E-state index < -0.39 is 11.9 Å². The second-order valence-corrected chi connectivity index (χ2v) is 3.84. The summed E-state index contributed by atoms with van der Waals surface area (Å²) in [6, 6.07) is 0. The van der Waals surface area contributed by atoms with Crippen molar-refractivity contribution in [1.29, 1.82) is 0 Å². The van der Waals surface area contributed by atoms with Crippen LogP contribution in [-0.2, 0) is 14.3 Å². The van der Waals surface area contributed by atoms with Crippen LogP contribution in [0.2, 0.25) is 0 Å². The number of carbonyl (C=O) groups is 2. The summed E-state index contributed by atoms with van der Waals surface area (Å²) in [4.78, 5) is 22.0. The second kappa shape index (κ2) is 7.26. The molecule has 88 valence electrons. The van der Waals surface area contributed by atoms with E-state index in [1.165, 1.54) is 7.11 Å². The molecule has 4 heteroatoms. The van der Waals surface area contributed by atoms with Gasteiger partial charge in [0, 0.05) is 0 Å². The highest BCUT2D eigenvalue weighted by atomic mass is 16.5. The molecule has 2 atom stereocenters. The maximum atomic E-state index is 11.4. The lowest BCUT2D eigenvalue weighted by molar-refractivity contribution is -0.148. The van der Waals surface area contributed by atoms with Crippen LogP contribution >= 0.6 is 0 Å². The molecule has 1 N–H and O–H groups in total. The Morgan fingerprint density at radius 1 is 1.40 bits per heavy atom. The summed E-state index contributed by atoms with van der Waals surface area (Å²) in [7, 11) is 1.34. The van der Waals surface area contributed by atoms with Gasteiger partial charge in [0.15, 0.2) is 0 Å². The van der Waals surface area contributed by atoms with E-state index in [2.05, 4.69) is 4.74 Å². The van der Waals surface area contributed by atoms with E-state index in [0.717, 1.165) is 12.8 Å². The Kier molecular flexibility index (Phi) is 6.75. The molecule has 0 rings (SSSR count). The van der Waals surface area contributed by atoms with Gasteiger partial charge in [0.2, 0.25) is 0 Å². The summed E-state index contributed by atoms with van der Waals surface area (Å²) in [5.41, 5.74) is 0. The van der Waals surface area contributed by atoms with Crippen LogP contribution in [0.25, 0.3) is 0 Å². The van der Waals surface area contributed by atoms with Gasteiger partial charge in [0.1, 0.15) is 0 Å². The Hall–Kier alpha value is -1.06. The molecule has 2 unspecified atom stereocenters. The Balaban J connectivity index is 4.23. The van der Waals surface area contributed by atoms with Crippen molar-refractivity contribution in [3.63, 3.8) is 0 Å². The van der Waals surface area contributed by atoms with Crippen LogP contribution in [0.5, 0.6) is 0 Å². The minimum Gasteiger partial charge on any atom is -0.481 e. The lowest BCUT2D eigenvalue weighted by Crippen LogP contribution is -2.22. The van der Waals surface area contributed by atoms with E-state index in [0.29, 0.717) is 12.8 Å². The zero-order chi connectivity index (χ0) is 11.8. The van der Waals surface area contributed by atoms with Gasteiger partial charge in [-0.3, -0.25) is 9.59 Å². The minimum atomic E-state index is -0.861. The lowest BCUT2D eigenvalue weighted by Gasteiger charge is -2.16. The molecule has 0 bridgehead atoms. The average molecular weight is 216 g/mol. The number of rotatable bonds is 7. The Labute approximate surface area is 90.6 Å². The Bertz CT molecular complexity index is 213. The molecule has 0 fully saturated rings. The van der Waals surface area contributed by atoms with Gasteiger partial charge in [0.05, 0.1) is 18.9 Å². The van der Waals surface area contributed by atoms with Gasteiger partial charge in [-0.15, -0.1) is 0 Å². The van der Waals surface area contributed by atoms with E-state index in [1.807, 2.05) is 6.92 Å². The highest BCUT2D eigenvalue weighted by Crippen LogP contribution is 2.19. The number of hydrogen-bond acceptors (Lipinski definition) is 3. The minimum absolute atomic E-state index is 0.277. The quantitative estimate of drug-likeness (QED) is 0.662. The van der Waals surface area contributed by atoms with E-state index >= 15 is 0 Å². The molecule has 0 aromatic heterocycles. The molecule has 0 radical (unpaired) electrons. The first-order valence-corrected chi connectivity index (χ1v) is 5.33. The van der Waals surface area contributed by atoms with Crippen molar-refractivity contribution in [2.75, 3.05) is 7.11 Å². The first-order chi connectivity index (χ1) is 7.02. The molecule has 0 aliphatic rings. The summed E-state index contributed by atoms with van der Waals surface area (Å²) in [6.07, 6.45) is 2.99. The fourth-order valence-electron chi connectivity index (χ4n) is 1.48. The number of methoxy groups -OCH3 is 1. The summed E-state index contributed by atoms with van der Waals surface area (Å²) < 4.78 is 4.66. The third kappa shape index (κ3) is 5.40. The lowest BCUT2D eigenvalue weighted by atomic mass is 9.91. The van der Waals surface area contributed by atoms with Crippen LogP contribution in [0, 0.1) is 11.8 Å². The number of carboxylic acid groups (broad SMARTS) is 1. The molecule has 0 aliphatic carbocycles. The third-order valence-corrected chi connectivity index (χ3v) is 2.50. The molecule has 0 heterocycles. The fourth-order valence-corrected chi connectivity index (χ4v) is 1.48. The largest absolute Gasteiger partial charge is 0.481 e. The van der Waals surface area contributed by atoms with Crippen molar-refractivity contribution in [2.24, 2.45) is 11.8 Å². The highest BCUT2D eigenvalue weighted by molar-refractivity contribution is 5.74. The van der Waals surface area contributed by atoms with E-state index in [1.54, 1.807) is 6.92 Å². The summed E-state index contributed by atoms with van der Waals surface area (Å²) in [6.45, 7) is 3.65. The number of carbonyl (C=O) groups excluding carboxylic acids is 1. The maximum Gasteiger partial charge on any atom is 0.308 e. The van der Waals surface area contributed by atoms with Gasteiger partial charge < -0.3 is 9.84 Å². The number of ether oxygens (including phenoxy) is 1. The van der Waals surface area contributed by atoms with Crippen LogP contribution in [0.15, 0.2) is 0 Å². The number of aliphatic carboxylic acids is 1. The summed E-state index contributed by atoms with van der Waals surface area (Å²) >= 11 is 0. The molecular weight excluding hydrogens is 196 g/mol. The second-order valence-electron chi connectivity index (χ2n) is 3.84. The zero-order valence-corrected chi connectivity index (χ0v) is 9.66. The average Bonchev–Trinajstić information content (AvgIpc) is 2.22. The van der Waals surface area contributed by atoms with Gasteiger partial charge in [-0.1, -0.05) is 26.7 Å². The first kappa shape index (κ1) is 13.9. The normalized spacial score (nSPS) is 14.3. The molecule has 0 aromatic carbocycles. The van der Waals surface area contributed by atoms with Gasteiger partial charge in [-0.2, -0.15) is 0 Å². The van der Waals surface area contributed by atoms with Gasteiger partial charge >= 0.3 is 11.9 Å². The molecule has 0 spiro atoms. The number of unbranched alkanes of at least 4 members (excludes halogenated alkanes) is 1. The fraction of sp³-hybridized carbons (Fsp3) is 0.818. The van der Waals surface area contributed by atoms with Gasteiger partial charge in [-0.25, -0.2) is 0 Å². The topological polar surface area (TPSA) is 63.6 Å². The van der Waals surface area contributed by atoms with Crippen LogP contribution in [0.4, 0.5) is 0 Å². The molecule has 0 aromatic rings. The first-order valence-electron chi connectivity index (χ1n) is 5.33. The van der Waals surface area contributed by atoms with Crippen LogP contribution in [0.1, 0.15) is 39.5 Å². The number of carboxylic acids is 1. The van der Waals surface area contributed by atoms with Crippen molar-refractivity contribution in [3.05, 3.63) is 0 Å². The van der Waals surface area contributed by atoms with Gasteiger partial charge in [-0.05, 0) is 12.8 Å². The van der Waals surface area contributed by atoms with E-state index in [4.69, 9.17) is 5.11 Å². The van der Waals surface area contributed by atoms with Crippen molar-refractivity contribution < 1.29 is 19.4 Å². The smallest absolute Gasteiger partial charge is 0.308 e. The van der Waals surface area contributed by atoms with Gasteiger partial charge in [0.25, 0.3) is 0 Å². The molecule has 0 saturated carbocycles. The van der Waals surface area contributed by atoms with Crippen molar-refractivity contribution >= 4 is 11.9 Å². The number of hydrogen-bond donors (Lipinski definition) is 1. The van der Waals surface area contributed by atoms with Crippen molar-refractivity contribution in [1.82, 2.24) is 0 Å². The molecule has 0 amide bonds.